The van der Waals surface area contributed by atoms with Crippen molar-refractivity contribution in [3.63, 3.8) is 0 Å². The molecule has 0 aromatic carbocycles. The standard InChI is InChI=1S/C14H15FN4O2S/c1-9(20)2-13-16-5-12(22-13)8-19-6-11(7-19)21-14-17-3-10(15)4-18-14/h3-5,11H,2,6-8H2,1H3. The number of ketones is 1. The number of carbonyl (C=O) groups excluding carboxylic acids is 1. The van der Waals surface area contributed by atoms with Crippen LogP contribution in [-0.4, -0.2) is 44.8 Å². The van der Waals surface area contributed by atoms with Gasteiger partial charge in [0, 0.05) is 30.7 Å². The van der Waals surface area contributed by atoms with Crippen molar-refractivity contribution in [1.29, 1.82) is 0 Å². The van der Waals surface area contributed by atoms with Crippen molar-refractivity contribution in [2.24, 2.45) is 0 Å². The van der Waals surface area contributed by atoms with Crippen molar-refractivity contribution in [2.45, 2.75) is 26.0 Å². The molecule has 1 saturated heterocycles. The quantitative estimate of drug-likeness (QED) is 0.802. The number of hydrogen-bond acceptors (Lipinski definition) is 7. The van der Waals surface area contributed by atoms with Crippen LogP contribution in [0.5, 0.6) is 6.01 Å². The normalized spacial score (nSPS) is 15.5. The number of ether oxygens (including phenoxy) is 1. The molecule has 116 valence electrons. The zero-order chi connectivity index (χ0) is 15.5. The third-order valence-corrected chi connectivity index (χ3v) is 4.16. The lowest BCUT2D eigenvalue weighted by atomic mass is 10.1. The molecule has 0 radical (unpaired) electrons. The third kappa shape index (κ3) is 3.83. The van der Waals surface area contributed by atoms with Crippen molar-refractivity contribution in [1.82, 2.24) is 19.9 Å². The van der Waals surface area contributed by atoms with Crippen LogP contribution < -0.4 is 4.74 Å². The molecule has 0 bridgehead atoms. The van der Waals surface area contributed by atoms with Gasteiger partial charge in [-0.2, -0.15) is 0 Å². The predicted molar refractivity (Wildman–Crippen MR) is 78.2 cm³/mol. The maximum absolute atomic E-state index is 12.7. The van der Waals surface area contributed by atoms with Crippen molar-refractivity contribution in [3.05, 3.63) is 34.3 Å². The molecular weight excluding hydrogens is 307 g/mol. The number of rotatable bonds is 6. The second kappa shape index (κ2) is 6.45. The molecule has 0 spiro atoms. The van der Waals surface area contributed by atoms with E-state index in [1.807, 2.05) is 6.20 Å². The van der Waals surface area contributed by atoms with Crippen LogP contribution in [0, 0.1) is 5.82 Å². The lowest BCUT2D eigenvalue weighted by molar-refractivity contribution is -0.116. The van der Waals surface area contributed by atoms with E-state index < -0.39 is 5.82 Å². The number of carbonyl (C=O) groups is 1. The summed E-state index contributed by atoms with van der Waals surface area (Å²) in [7, 11) is 0. The molecule has 1 aliphatic heterocycles. The fourth-order valence-electron chi connectivity index (χ4n) is 2.17. The highest BCUT2D eigenvalue weighted by Gasteiger charge is 2.29. The maximum atomic E-state index is 12.7. The van der Waals surface area contributed by atoms with Gasteiger partial charge in [-0.05, 0) is 6.92 Å². The second-order valence-corrected chi connectivity index (χ2v) is 6.42. The van der Waals surface area contributed by atoms with Crippen LogP contribution >= 0.6 is 11.3 Å². The summed E-state index contributed by atoms with van der Waals surface area (Å²) in [6, 6.07) is 0.201. The predicted octanol–water partition coefficient (Wildman–Crippen LogP) is 1.47. The monoisotopic (exact) mass is 322 g/mol. The van der Waals surface area contributed by atoms with Crippen LogP contribution in [0.1, 0.15) is 16.8 Å². The number of likely N-dealkylation sites (tertiary alicyclic amines) is 1. The van der Waals surface area contributed by atoms with Gasteiger partial charge < -0.3 is 4.74 Å². The van der Waals surface area contributed by atoms with Gasteiger partial charge in [0.2, 0.25) is 0 Å². The molecule has 6 nitrogen and oxygen atoms in total. The zero-order valence-electron chi connectivity index (χ0n) is 12.0. The second-order valence-electron chi connectivity index (χ2n) is 5.22. The molecular formula is C14H15FN4O2S. The minimum atomic E-state index is -0.478. The van der Waals surface area contributed by atoms with Crippen molar-refractivity contribution < 1.29 is 13.9 Å². The average molecular weight is 322 g/mol. The van der Waals surface area contributed by atoms with Crippen LogP contribution in [0.4, 0.5) is 4.39 Å². The smallest absolute Gasteiger partial charge is 0.316 e. The number of aromatic nitrogens is 3. The van der Waals surface area contributed by atoms with E-state index >= 15 is 0 Å². The minimum absolute atomic E-state index is 0.0232. The van der Waals surface area contributed by atoms with E-state index in [4.69, 9.17) is 4.74 Å². The Kier molecular flexibility index (Phi) is 4.39. The van der Waals surface area contributed by atoms with E-state index in [0.29, 0.717) is 6.42 Å². The van der Waals surface area contributed by atoms with Crippen LogP contribution in [0.3, 0.4) is 0 Å². The Balaban J connectivity index is 1.44. The SMILES string of the molecule is CC(=O)Cc1ncc(CN2CC(Oc3ncc(F)cn3)C2)s1. The van der Waals surface area contributed by atoms with E-state index in [0.717, 1.165) is 41.9 Å². The molecule has 8 heteroatoms. The first-order chi connectivity index (χ1) is 10.6. The van der Waals surface area contributed by atoms with Gasteiger partial charge in [0.05, 0.1) is 18.8 Å². The van der Waals surface area contributed by atoms with Crippen molar-refractivity contribution in [2.75, 3.05) is 13.1 Å². The van der Waals surface area contributed by atoms with Gasteiger partial charge in [-0.15, -0.1) is 11.3 Å². The van der Waals surface area contributed by atoms with E-state index in [2.05, 4.69) is 19.9 Å². The number of thiazole rings is 1. The Morgan fingerprint density at radius 3 is 2.77 bits per heavy atom. The van der Waals surface area contributed by atoms with Crippen molar-refractivity contribution >= 4 is 17.1 Å². The van der Waals surface area contributed by atoms with Gasteiger partial charge in [-0.3, -0.25) is 9.69 Å². The molecule has 0 N–H and O–H groups in total. The van der Waals surface area contributed by atoms with Crippen LogP contribution in [-0.2, 0) is 17.8 Å². The van der Waals surface area contributed by atoms with Gasteiger partial charge >= 0.3 is 6.01 Å². The summed E-state index contributed by atoms with van der Waals surface area (Å²) in [6.07, 6.45) is 4.42. The van der Waals surface area contributed by atoms with Crippen molar-refractivity contribution in [3.8, 4) is 6.01 Å². The molecule has 3 rings (SSSR count). The van der Waals surface area contributed by atoms with Crippen LogP contribution in [0.2, 0.25) is 0 Å². The lowest BCUT2D eigenvalue weighted by Gasteiger charge is -2.37. The molecule has 3 heterocycles. The number of Topliss-reactive ketones (excluding diaryl/α,β-unsaturated/α-hetero) is 1. The Labute approximate surface area is 131 Å². The Morgan fingerprint density at radius 1 is 1.36 bits per heavy atom. The first-order valence-corrected chi connectivity index (χ1v) is 7.69. The molecule has 0 saturated carbocycles. The summed E-state index contributed by atoms with van der Waals surface area (Å²) in [5.74, 6) is -0.355. The molecule has 2 aromatic rings. The molecule has 1 aliphatic rings. The summed E-state index contributed by atoms with van der Waals surface area (Å²) in [5, 5.41) is 0.857. The summed E-state index contributed by atoms with van der Waals surface area (Å²) < 4.78 is 18.2. The Bertz CT molecular complexity index is 655. The molecule has 0 unspecified atom stereocenters. The number of halogens is 1. The topological polar surface area (TPSA) is 68.2 Å². The molecule has 22 heavy (non-hydrogen) atoms. The Morgan fingerprint density at radius 2 is 2.09 bits per heavy atom. The van der Waals surface area contributed by atoms with E-state index in [-0.39, 0.29) is 17.9 Å². The largest absolute Gasteiger partial charge is 0.457 e. The van der Waals surface area contributed by atoms with Gasteiger partial charge in [0.15, 0.2) is 5.82 Å². The van der Waals surface area contributed by atoms with E-state index in [1.165, 1.54) is 0 Å². The maximum Gasteiger partial charge on any atom is 0.316 e. The fraction of sp³-hybridized carbons (Fsp3) is 0.429. The highest BCUT2D eigenvalue weighted by molar-refractivity contribution is 7.11. The number of hydrogen-bond donors (Lipinski definition) is 0. The van der Waals surface area contributed by atoms with Crippen LogP contribution in [0.25, 0.3) is 0 Å². The van der Waals surface area contributed by atoms with E-state index in [1.54, 1.807) is 18.3 Å². The van der Waals surface area contributed by atoms with Gasteiger partial charge in [-0.25, -0.2) is 19.3 Å². The first-order valence-electron chi connectivity index (χ1n) is 6.88. The summed E-state index contributed by atoms with van der Waals surface area (Å²) >= 11 is 1.56. The first kappa shape index (κ1) is 15.0. The van der Waals surface area contributed by atoms with Crippen LogP contribution in [0.15, 0.2) is 18.6 Å². The number of nitrogens with zero attached hydrogens (tertiary/aromatic N) is 4. The minimum Gasteiger partial charge on any atom is -0.457 e. The molecule has 2 aromatic heterocycles. The molecule has 1 fully saturated rings. The molecule has 0 aliphatic carbocycles. The zero-order valence-corrected chi connectivity index (χ0v) is 12.8. The third-order valence-electron chi connectivity index (χ3n) is 3.17. The molecule has 0 atom stereocenters. The highest BCUT2D eigenvalue weighted by atomic mass is 32.1. The Hall–Kier alpha value is -1.93. The van der Waals surface area contributed by atoms with E-state index in [9.17, 15) is 9.18 Å². The van der Waals surface area contributed by atoms with Gasteiger partial charge in [-0.1, -0.05) is 0 Å². The van der Waals surface area contributed by atoms with Gasteiger partial charge in [0.25, 0.3) is 0 Å². The summed E-state index contributed by atoms with van der Waals surface area (Å²) in [4.78, 5) is 26.2. The average Bonchev–Trinajstić information content (AvgIpc) is 2.85. The highest BCUT2D eigenvalue weighted by Crippen LogP contribution is 2.21. The molecule has 0 amide bonds. The summed E-state index contributed by atoms with van der Waals surface area (Å²) in [5.41, 5.74) is 0. The van der Waals surface area contributed by atoms with Gasteiger partial charge in [0.1, 0.15) is 16.9 Å². The fourth-order valence-corrected chi connectivity index (χ4v) is 3.21. The summed E-state index contributed by atoms with van der Waals surface area (Å²) in [6.45, 7) is 3.89. The lowest BCUT2D eigenvalue weighted by Crippen LogP contribution is -2.53.